The fourth-order valence-electron chi connectivity index (χ4n) is 1.15. The van der Waals surface area contributed by atoms with E-state index in [0.717, 1.165) is 6.20 Å². The van der Waals surface area contributed by atoms with Crippen LogP contribution in [0.1, 0.15) is 23.2 Å². The summed E-state index contributed by atoms with van der Waals surface area (Å²) < 4.78 is 24.7. The molecule has 0 aromatic carbocycles. The summed E-state index contributed by atoms with van der Waals surface area (Å²) in [5.41, 5.74) is 0.145. The minimum absolute atomic E-state index is 0.111. The molecule has 6 heteroatoms. The highest BCUT2D eigenvalue weighted by atomic mass is 35.5. The lowest BCUT2D eigenvalue weighted by Gasteiger charge is -2.06. The number of carbonyl (C=O) groups is 1. The van der Waals surface area contributed by atoms with Gasteiger partial charge >= 0.3 is 5.97 Å². The summed E-state index contributed by atoms with van der Waals surface area (Å²) in [6.07, 6.45) is -1.82. The first kappa shape index (κ1) is 11.8. The summed E-state index contributed by atoms with van der Waals surface area (Å²) >= 11 is 5.46. The van der Waals surface area contributed by atoms with E-state index in [-0.39, 0.29) is 23.6 Å². The number of pyridine rings is 1. The van der Waals surface area contributed by atoms with Gasteiger partial charge in [-0.2, -0.15) is 0 Å². The topological polar surface area (TPSA) is 50.2 Å². The number of alkyl halides is 3. The minimum Gasteiger partial charge on any atom is -0.481 e. The molecule has 0 aliphatic heterocycles. The third-order valence-corrected chi connectivity index (χ3v) is 2.05. The number of carboxylic acid groups (broad SMARTS) is 1. The summed E-state index contributed by atoms with van der Waals surface area (Å²) in [5.74, 6) is -1.15. The van der Waals surface area contributed by atoms with Crippen LogP contribution in [-0.2, 0) is 17.1 Å². The molecule has 0 unspecified atom stereocenters. The first-order valence-electron chi connectivity index (χ1n) is 4.08. The standard InChI is InChI=1S/C9H8ClF2NO2/c10-3-6-1-5(2-7(14)15)4-13-8(6)9(11)12/h1,4,9H,2-3H2,(H,14,15). The number of rotatable bonds is 4. The number of nitrogens with zero attached hydrogens (tertiary/aromatic N) is 1. The second kappa shape index (κ2) is 5.02. The first-order chi connectivity index (χ1) is 7.04. The van der Waals surface area contributed by atoms with Gasteiger partial charge in [0.2, 0.25) is 0 Å². The van der Waals surface area contributed by atoms with Crippen molar-refractivity contribution in [3.05, 3.63) is 29.1 Å². The number of carboxylic acids is 1. The summed E-state index contributed by atoms with van der Waals surface area (Å²) in [7, 11) is 0. The van der Waals surface area contributed by atoms with Crippen molar-refractivity contribution in [3.8, 4) is 0 Å². The fourth-order valence-corrected chi connectivity index (χ4v) is 1.36. The van der Waals surface area contributed by atoms with E-state index in [9.17, 15) is 13.6 Å². The van der Waals surface area contributed by atoms with E-state index in [4.69, 9.17) is 16.7 Å². The summed E-state index contributed by atoms with van der Waals surface area (Å²) in [6, 6.07) is 1.34. The Morgan fingerprint density at radius 3 is 2.73 bits per heavy atom. The predicted octanol–water partition coefficient (Wildman–Crippen LogP) is 2.39. The molecule has 0 fully saturated rings. The van der Waals surface area contributed by atoms with Crippen molar-refractivity contribution < 1.29 is 18.7 Å². The molecule has 0 bridgehead atoms. The first-order valence-corrected chi connectivity index (χ1v) is 4.61. The van der Waals surface area contributed by atoms with Crippen LogP contribution < -0.4 is 0 Å². The van der Waals surface area contributed by atoms with Crippen LogP contribution in [0.2, 0.25) is 0 Å². The average molecular weight is 236 g/mol. The Morgan fingerprint density at radius 2 is 2.27 bits per heavy atom. The monoisotopic (exact) mass is 235 g/mol. The largest absolute Gasteiger partial charge is 0.481 e. The van der Waals surface area contributed by atoms with Crippen LogP contribution >= 0.6 is 11.6 Å². The van der Waals surface area contributed by atoms with Crippen molar-refractivity contribution in [2.24, 2.45) is 0 Å². The van der Waals surface area contributed by atoms with E-state index < -0.39 is 12.4 Å². The van der Waals surface area contributed by atoms with Gasteiger partial charge in [-0.1, -0.05) is 6.07 Å². The molecule has 0 saturated heterocycles. The van der Waals surface area contributed by atoms with E-state index in [1.54, 1.807) is 0 Å². The normalized spacial score (nSPS) is 10.7. The second-order valence-corrected chi connectivity index (χ2v) is 3.16. The van der Waals surface area contributed by atoms with E-state index in [0.29, 0.717) is 5.56 Å². The molecule has 1 rings (SSSR count). The lowest BCUT2D eigenvalue weighted by molar-refractivity contribution is -0.136. The molecular formula is C9H8ClF2NO2. The Hall–Kier alpha value is -1.23. The molecule has 1 aromatic rings. The molecule has 0 aliphatic carbocycles. The van der Waals surface area contributed by atoms with Gasteiger partial charge in [0.1, 0.15) is 5.69 Å². The number of aliphatic carboxylic acids is 1. The summed E-state index contributed by atoms with van der Waals surface area (Å²) in [5, 5.41) is 8.50. The highest BCUT2D eigenvalue weighted by Crippen LogP contribution is 2.22. The van der Waals surface area contributed by atoms with Gasteiger partial charge in [-0.25, -0.2) is 8.78 Å². The summed E-state index contributed by atoms with van der Waals surface area (Å²) in [6.45, 7) is 0. The third-order valence-electron chi connectivity index (χ3n) is 1.76. The van der Waals surface area contributed by atoms with Crippen molar-refractivity contribution in [2.75, 3.05) is 0 Å². The molecular weight excluding hydrogens is 228 g/mol. The highest BCUT2D eigenvalue weighted by Gasteiger charge is 2.15. The Bertz CT molecular complexity index is 371. The van der Waals surface area contributed by atoms with Crippen molar-refractivity contribution >= 4 is 17.6 Å². The van der Waals surface area contributed by atoms with Gasteiger partial charge in [0.25, 0.3) is 6.43 Å². The van der Waals surface area contributed by atoms with Crippen LogP contribution in [0.3, 0.4) is 0 Å². The van der Waals surface area contributed by atoms with E-state index in [1.807, 2.05) is 0 Å². The maximum atomic E-state index is 12.4. The maximum Gasteiger partial charge on any atom is 0.307 e. The average Bonchev–Trinajstić information content (AvgIpc) is 2.16. The van der Waals surface area contributed by atoms with Crippen LogP contribution in [0.25, 0.3) is 0 Å². The SMILES string of the molecule is O=C(O)Cc1cnc(C(F)F)c(CCl)c1. The van der Waals surface area contributed by atoms with Gasteiger partial charge in [0.05, 0.1) is 6.42 Å². The molecule has 3 nitrogen and oxygen atoms in total. The Morgan fingerprint density at radius 1 is 1.60 bits per heavy atom. The quantitative estimate of drug-likeness (QED) is 0.816. The van der Waals surface area contributed by atoms with E-state index >= 15 is 0 Å². The van der Waals surface area contributed by atoms with Gasteiger partial charge in [-0.3, -0.25) is 9.78 Å². The van der Waals surface area contributed by atoms with Crippen molar-refractivity contribution in [3.63, 3.8) is 0 Å². The van der Waals surface area contributed by atoms with E-state index in [1.165, 1.54) is 6.07 Å². The third kappa shape index (κ3) is 3.13. The highest BCUT2D eigenvalue weighted by molar-refractivity contribution is 6.17. The number of aromatic nitrogens is 1. The zero-order valence-corrected chi connectivity index (χ0v) is 8.34. The van der Waals surface area contributed by atoms with Crippen LogP contribution in [0.15, 0.2) is 12.3 Å². The fraction of sp³-hybridized carbons (Fsp3) is 0.333. The minimum atomic E-state index is -2.70. The van der Waals surface area contributed by atoms with Crippen molar-refractivity contribution in [2.45, 2.75) is 18.7 Å². The molecule has 0 aliphatic rings. The van der Waals surface area contributed by atoms with Gasteiger partial charge in [0, 0.05) is 12.1 Å². The Labute approximate surface area is 89.7 Å². The van der Waals surface area contributed by atoms with E-state index in [2.05, 4.69) is 4.98 Å². The van der Waals surface area contributed by atoms with Crippen LogP contribution in [0.5, 0.6) is 0 Å². The van der Waals surface area contributed by atoms with Crippen molar-refractivity contribution in [1.29, 1.82) is 0 Å². The van der Waals surface area contributed by atoms with Crippen LogP contribution in [-0.4, -0.2) is 16.1 Å². The second-order valence-electron chi connectivity index (χ2n) is 2.89. The molecule has 1 aromatic heterocycles. The number of hydrogen-bond acceptors (Lipinski definition) is 2. The number of hydrogen-bond donors (Lipinski definition) is 1. The van der Waals surface area contributed by atoms with Crippen LogP contribution in [0, 0.1) is 0 Å². The molecule has 0 radical (unpaired) electrons. The van der Waals surface area contributed by atoms with Gasteiger partial charge in [-0.15, -0.1) is 11.6 Å². The molecule has 1 heterocycles. The zero-order valence-electron chi connectivity index (χ0n) is 7.58. The summed E-state index contributed by atoms with van der Waals surface area (Å²) in [4.78, 5) is 13.9. The zero-order chi connectivity index (χ0) is 11.4. The lowest BCUT2D eigenvalue weighted by Crippen LogP contribution is -2.04. The van der Waals surface area contributed by atoms with Gasteiger partial charge in [-0.05, 0) is 11.1 Å². The molecule has 15 heavy (non-hydrogen) atoms. The maximum absolute atomic E-state index is 12.4. The Kier molecular flexibility index (Phi) is 3.96. The van der Waals surface area contributed by atoms with Gasteiger partial charge in [0.15, 0.2) is 0 Å². The predicted molar refractivity (Wildman–Crippen MR) is 50.1 cm³/mol. The smallest absolute Gasteiger partial charge is 0.307 e. The molecule has 0 spiro atoms. The molecule has 0 atom stereocenters. The van der Waals surface area contributed by atoms with Crippen LogP contribution in [0.4, 0.5) is 8.78 Å². The van der Waals surface area contributed by atoms with Crippen molar-refractivity contribution in [1.82, 2.24) is 4.98 Å². The van der Waals surface area contributed by atoms with Gasteiger partial charge < -0.3 is 5.11 Å². The molecule has 0 saturated carbocycles. The molecule has 82 valence electrons. The Balaban J connectivity index is 3.02. The lowest BCUT2D eigenvalue weighted by atomic mass is 10.1. The molecule has 1 N–H and O–H groups in total. The molecule has 0 amide bonds. The number of halogens is 3.